The van der Waals surface area contributed by atoms with Gasteiger partial charge in [-0.25, -0.2) is 4.79 Å². The van der Waals surface area contributed by atoms with E-state index in [1.54, 1.807) is 12.1 Å². The van der Waals surface area contributed by atoms with Crippen LogP contribution in [-0.4, -0.2) is 34.5 Å². The second-order valence-corrected chi connectivity index (χ2v) is 6.12. The number of amides is 1. The Hall–Kier alpha value is -1.88. The van der Waals surface area contributed by atoms with Crippen molar-refractivity contribution in [3.8, 4) is 0 Å². The molecule has 0 aromatic heterocycles. The van der Waals surface area contributed by atoms with Gasteiger partial charge in [-0.2, -0.15) is 0 Å². The van der Waals surface area contributed by atoms with Gasteiger partial charge in [-0.3, -0.25) is 4.79 Å². The number of carbonyl (C=O) groups excluding carboxylic acids is 1. The minimum absolute atomic E-state index is 0.0954. The number of piperidine rings is 1. The molecule has 2 unspecified atom stereocenters. The lowest BCUT2D eigenvalue weighted by atomic mass is 9.93. The highest BCUT2D eigenvalue weighted by atomic mass is 16.4. The van der Waals surface area contributed by atoms with Gasteiger partial charge in [-0.15, -0.1) is 0 Å². The molecule has 0 aliphatic carbocycles. The van der Waals surface area contributed by atoms with Crippen LogP contribution in [0.25, 0.3) is 0 Å². The second-order valence-electron chi connectivity index (χ2n) is 6.12. The van der Waals surface area contributed by atoms with E-state index in [1.165, 1.54) is 0 Å². The number of fused-ring (bicyclic) bond motifs is 1. The molecular formula is C16H20N2O3. The van der Waals surface area contributed by atoms with Crippen LogP contribution in [0.4, 0.5) is 0 Å². The lowest BCUT2D eigenvalue weighted by molar-refractivity contribution is -0.135. The summed E-state index contributed by atoms with van der Waals surface area (Å²) in [4.78, 5) is 25.4. The highest BCUT2D eigenvalue weighted by Crippen LogP contribution is 2.26. The molecule has 0 saturated carbocycles. The molecule has 1 amide bonds. The fourth-order valence-corrected chi connectivity index (χ4v) is 3.20. The fraction of sp³-hybridized carbons (Fsp3) is 0.500. The van der Waals surface area contributed by atoms with Gasteiger partial charge in [0.25, 0.3) is 0 Å². The number of carboxylic acid groups (broad SMARTS) is 1. The quantitative estimate of drug-likeness (QED) is 0.867. The molecule has 0 radical (unpaired) electrons. The number of aromatic carboxylic acids is 1. The number of carbonyl (C=O) groups is 2. The van der Waals surface area contributed by atoms with Gasteiger partial charge in [0.05, 0.1) is 11.6 Å². The molecule has 2 N–H and O–H groups in total. The first-order valence-electron chi connectivity index (χ1n) is 7.42. The van der Waals surface area contributed by atoms with Crippen LogP contribution in [0.3, 0.4) is 0 Å². The molecule has 112 valence electrons. The monoisotopic (exact) mass is 288 g/mol. The number of hydrogen-bond donors (Lipinski definition) is 2. The van der Waals surface area contributed by atoms with Crippen LogP contribution >= 0.6 is 0 Å². The van der Waals surface area contributed by atoms with Gasteiger partial charge in [-0.05, 0) is 48.6 Å². The van der Waals surface area contributed by atoms with Gasteiger partial charge in [0.2, 0.25) is 5.91 Å². The minimum Gasteiger partial charge on any atom is -0.478 e. The van der Waals surface area contributed by atoms with Crippen LogP contribution in [0.1, 0.15) is 41.3 Å². The summed E-state index contributed by atoms with van der Waals surface area (Å²) < 4.78 is 0. The Morgan fingerprint density at radius 1 is 1.29 bits per heavy atom. The van der Waals surface area contributed by atoms with Crippen molar-refractivity contribution in [1.29, 1.82) is 0 Å². The van der Waals surface area contributed by atoms with Gasteiger partial charge in [-0.1, -0.05) is 13.0 Å². The maximum atomic E-state index is 12.6. The number of rotatable bonds is 2. The first-order chi connectivity index (χ1) is 10.0. The Kier molecular flexibility index (Phi) is 3.68. The minimum atomic E-state index is -0.926. The molecule has 0 bridgehead atoms. The Bertz CT molecular complexity index is 585. The van der Waals surface area contributed by atoms with Crippen LogP contribution in [0.2, 0.25) is 0 Å². The van der Waals surface area contributed by atoms with Crippen molar-refractivity contribution >= 4 is 11.9 Å². The molecule has 2 atom stereocenters. The normalized spacial score (nSPS) is 24.7. The molecule has 1 fully saturated rings. The third kappa shape index (κ3) is 2.78. The first kappa shape index (κ1) is 14.1. The Balaban J connectivity index is 1.72. The SMILES string of the molecule is CC1CCNC(C(=O)N2Cc3ccc(C(=O)O)cc3C2)C1. The lowest BCUT2D eigenvalue weighted by Gasteiger charge is -2.30. The van der Waals surface area contributed by atoms with E-state index in [2.05, 4.69) is 12.2 Å². The molecular weight excluding hydrogens is 268 g/mol. The van der Waals surface area contributed by atoms with E-state index in [4.69, 9.17) is 5.11 Å². The number of benzene rings is 1. The van der Waals surface area contributed by atoms with Crippen LogP contribution in [0.5, 0.6) is 0 Å². The maximum Gasteiger partial charge on any atom is 0.335 e. The zero-order valence-corrected chi connectivity index (χ0v) is 12.1. The number of nitrogens with zero attached hydrogens (tertiary/aromatic N) is 1. The van der Waals surface area contributed by atoms with Gasteiger partial charge >= 0.3 is 5.97 Å². The molecule has 2 aliphatic heterocycles. The van der Waals surface area contributed by atoms with Crippen LogP contribution in [0, 0.1) is 5.92 Å². The molecule has 2 aliphatic rings. The Morgan fingerprint density at radius 3 is 2.76 bits per heavy atom. The average Bonchev–Trinajstić information content (AvgIpc) is 2.89. The highest BCUT2D eigenvalue weighted by Gasteiger charge is 2.31. The Labute approximate surface area is 123 Å². The maximum absolute atomic E-state index is 12.6. The van der Waals surface area contributed by atoms with Gasteiger partial charge in [0.15, 0.2) is 0 Å². The summed E-state index contributed by atoms with van der Waals surface area (Å²) in [6.07, 6.45) is 2.00. The van der Waals surface area contributed by atoms with Crippen molar-refractivity contribution in [2.75, 3.05) is 6.54 Å². The smallest absolute Gasteiger partial charge is 0.335 e. The topological polar surface area (TPSA) is 69.6 Å². The standard InChI is InChI=1S/C16H20N2O3/c1-10-4-5-17-14(6-10)15(19)18-8-12-3-2-11(16(20)21)7-13(12)9-18/h2-3,7,10,14,17H,4-6,8-9H2,1H3,(H,20,21). The van der Waals surface area contributed by atoms with Gasteiger partial charge < -0.3 is 15.3 Å². The van der Waals surface area contributed by atoms with Crippen molar-refractivity contribution in [2.24, 2.45) is 5.92 Å². The van der Waals surface area contributed by atoms with E-state index in [9.17, 15) is 9.59 Å². The third-order valence-corrected chi connectivity index (χ3v) is 4.45. The molecule has 5 nitrogen and oxygen atoms in total. The van der Waals surface area contributed by atoms with E-state index in [-0.39, 0.29) is 17.5 Å². The first-order valence-corrected chi connectivity index (χ1v) is 7.42. The molecule has 21 heavy (non-hydrogen) atoms. The predicted molar refractivity (Wildman–Crippen MR) is 77.8 cm³/mol. The largest absolute Gasteiger partial charge is 0.478 e. The van der Waals surface area contributed by atoms with Crippen molar-refractivity contribution in [3.05, 3.63) is 34.9 Å². The average molecular weight is 288 g/mol. The van der Waals surface area contributed by atoms with Gasteiger partial charge in [0, 0.05) is 13.1 Å². The summed E-state index contributed by atoms with van der Waals surface area (Å²) in [5, 5.41) is 12.3. The molecule has 1 aromatic rings. The Morgan fingerprint density at radius 2 is 2.05 bits per heavy atom. The molecule has 0 spiro atoms. The van der Waals surface area contributed by atoms with Gasteiger partial charge in [0.1, 0.15) is 0 Å². The zero-order chi connectivity index (χ0) is 15.0. The van der Waals surface area contributed by atoms with Crippen LogP contribution in [0.15, 0.2) is 18.2 Å². The van der Waals surface area contributed by atoms with Crippen LogP contribution < -0.4 is 5.32 Å². The zero-order valence-electron chi connectivity index (χ0n) is 12.1. The van der Waals surface area contributed by atoms with E-state index in [0.29, 0.717) is 19.0 Å². The molecule has 1 saturated heterocycles. The number of nitrogens with one attached hydrogen (secondary N) is 1. The summed E-state index contributed by atoms with van der Waals surface area (Å²) in [6.45, 7) is 4.17. The van der Waals surface area contributed by atoms with E-state index in [1.807, 2.05) is 11.0 Å². The summed E-state index contributed by atoms with van der Waals surface area (Å²) >= 11 is 0. The van der Waals surface area contributed by atoms with Crippen molar-refractivity contribution in [3.63, 3.8) is 0 Å². The van der Waals surface area contributed by atoms with Crippen molar-refractivity contribution in [1.82, 2.24) is 10.2 Å². The predicted octanol–water partition coefficient (Wildman–Crippen LogP) is 1.62. The molecule has 5 heteroatoms. The summed E-state index contributed by atoms with van der Waals surface area (Å²) in [7, 11) is 0. The van der Waals surface area contributed by atoms with Crippen LogP contribution in [-0.2, 0) is 17.9 Å². The summed E-state index contributed by atoms with van der Waals surface area (Å²) in [5.74, 6) is -0.219. The lowest BCUT2D eigenvalue weighted by Crippen LogP contribution is -2.48. The number of carboxylic acids is 1. The van der Waals surface area contributed by atoms with E-state index < -0.39 is 5.97 Å². The molecule has 3 rings (SSSR count). The summed E-state index contributed by atoms with van der Waals surface area (Å²) in [5.41, 5.74) is 2.29. The fourth-order valence-electron chi connectivity index (χ4n) is 3.20. The second kappa shape index (κ2) is 5.48. The van der Waals surface area contributed by atoms with Crippen molar-refractivity contribution in [2.45, 2.75) is 38.9 Å². The van der Waals surface area contributed by atoms with Crippen molar-refractivity contribution < 1.29 is 14.7 Å². The third-order valence-electron chi connectivity index (χ3n) is 4.45. The molecule has 2 heterocycles. The number of hydrogen-bond acceptors (Lipinski definition) is 3. The highest BCUT2D eigenvalue weighted by molar-refractivity contribution is 5.88. The molecule has 1 aromatic carbocycles. The van der Waals surface area contributed by atoms with E-state index in [0.717, 1.165) is 30.5 Å². The van der Waals surface area contributed by atoms with E-state index >= 15 is 0 Å². The summed E-state index contributed by atoms with van der Waals surface area (Å²) in [6, 6.07) is 5.02.